The lowest BCUT2D eigenvalue weighted by molar-refractivity contribution is 0.413. The van der Waals surface area contributed by atoms with E-state index >= 15 is 0 Å². The summed E-state index contributed by atoms with van der Waals surface area (Å²) in [5.41, 5.74) is 2.83. The predicted octanol–water partition coefficient (Wildman–Crippen LogP) is 5.57. The van der Waals surface area contributed by atoms with Crippen LogP contribution in [-0.4, -0.2) is 31.5 Å². The highest BCUT2D eigenvalue weighted by Crippen LogP contribution is 2.41. The Balaban J connectivity index is 1.97. The van der Waals surface area contributed by atoms with Gasteiger partial charge in [0.1, 0.15) is 11.5 Å². The molecule has 0 unspecified atom stereocenters. The van der Waals surface area contributed by atoms with Crippen LogP contribution >= 0.6 is 0 Å². The number of rotatable bonds is 4. The van der Waals surface area contributed by atoms with Crippen LogP contribution < -0.4 is 4.74 Å². The highest BCUT2D eigenvalue weighted by molar-refractivity contribution is 7.93. The van der Waals surface area contributed by atoms with Gasteiger partial charge in [0, 0.05) is 24.2 Å². The molecular formula is C26H35NO4S. The first-order chi connectivity index (χ1) is 14.7. The Morgan fingerprint density at radius 2 is 1.53 bits per heavy atom. The first kappa shape index (κ1) is 24.3. The Morgan fingerprint density at radius 3 is 2.00 bits per heavy atom. The van der Waals surface area contributed by atoms with Crippen molar-refractivity contribution in [2.24, 2.45) is 0 Å². The van der Waals surface area contributed by atoms with E-state index in [2.05, 4.69) is 0 Å². The van der Waals surface area contributed by atoms with Crippen molar-refractivity contribution >= 4 is 16.1 Å². The fourth-order valence-electron chi connectivity index (χ4n) is 3.96. The Bertz CT molecular complexity index is 1080. The quantitative estimate of drug-likeness (QED) is 0.652. The van der Waals surface area contributed by atoms with Crippen molar-refractivity contribution in [3.05, 3.63) is 63.6 Å². The maximum Gasteiger partial charge on any atom is 0.239 e. The van der Waals surface area contributed by atoms with Gasteiger partial charge in [-0.1, -0.05) is 53.7 Å². The third kappa shape index (κ3) is 5.02. The molecule has 6 heteroatoms. The molecule has 0 saturated carbocycles. The van der Waals surface area contributed by atoms with Crippen LogP contribution in [0.3, 0.4) is 0 Å². The SMILES string of the molecule is COc1ccc(CN2CC/C(=C\c3cc(C(C)(C)C)c(O)c(C(C)(C)C)c3)S2(=O)=O)cc1. The largest absolute Gasteiger partial charge is 0.507 e. The molecule has 1 N–H and O–H groups in total. The number of aromatic hydroxyl groups is 1. The van der Waals surface area contributed by atoms with Crippen LogP contribution in [0.5, 0.6) is 11.5 Å². The molecule has 1 heterocycles. The van der Waals surface area contributed by atoms with Crippen molar-refractivity contribution in [2.45, 2.75) is 65.3 Å². The van der Waals surface area contributed by atoms with Gasteiger partial charge in [0.05, 0.1) is 12.0 Å². The Hall–Kier alpha value is -2.31. The lowest BCUT2D eigenvalue weighted by Crippen LogP contribution is -2.24. The predicted molar refractivity (Wildman–Crippen MR) is 130 cm³/mol. The molecule has 1 aliphatic rings. The van der Waals surface area contributed by atoms with E-state index in [0.717, 1.165) is 28.0 Å². The summed E-state index contributed by atoms with van der Waals surface area (Å²) in [6, 6.07) is 11.3. The van der Waals surface area contributed by atoms with Crippen molar-refractivity contribution in [3.8, 4) is 11.5 Å². The number of nitrogens with zero attached hydrogens (tertiary/aromatic N) is 1. The second-order valence-electron chi connectivity index (χ2n) is 10.5. The summed E-state index contributed by atoms with van der Waals surface area (Å²) in [6.07, 6.45) is 2.24. The summed E-state index contributed by atoms with van der Waals surface area (Å²) in [6.45, 7) is 13.1. The monoisotopic (exact) mass is 457 g/mol. The fraction of sp³-hybridized carbons (Fsp3) is 0.462. The summed E-state index contributed by atoms with van der Waals surface area (Å²) in [4.78, 5) is 0.413. The number of phenols is 1. The lowest BCUT2D eigenvalue weighted by atomic mass is 9.78. The van der Waals surface area contributed by atoms with Crippen LogP contribution in [0.2, 0.25) is 0 Å². The van der Waals surface area contributed by atoms with E-state index < -0.39 is 10.0 Å². The summed E-state index contributed by atoms with van der Waals surface area (Å²) >= 11 is 0. The van der Waals surface area contributed by atoms with Gasteiger partial charge in [-0.05, 0) is 58.7 Å². The van der Waals surface area contributed by atoms with Crippen molar-refractivity contribution in [1.82, 2.24) is 4.31 Å². The van der Waals surface area contributed by atoms with Crippen molar-refractivity contribution < 1.29 is 18.3 Å². The van der Waals surface area contributed by atoms with Gasteiger partial charge in [-0.15, -0.1) is 0 Å². The minimum Gasteiger partial charge on any atom is -0.507 e. The molecule has 0 amide bonds. The molecular weight excluding hydrogens is 422 g/mol. The maximum atomic E-state index is 13.2. The molecule has 3 rings (SSSR count). The smallest absolute Gasteiger partial charge is 0.239 e. The molecule has 174 valence electrons. The van der Waals surface area contributed by atoms with Crippen molar-refractivity contribution in [1.29, 1.82) is 0 Å². The molecule has 0 aliphatic carbocycles. The van der Waals surface area contributed by atoms with Gasteiger partial charge in [0.2, 0.25) is 10.0 Å². The Morgan fingerprint density at radius 1 is 1.00 bits per heavy atom. The lowest BCUT2D eigenvalue weighted by Gasteiger charge is -2.28. The van der Waals surface area contributed by atoms with Crippen molar-refractivity contribution in [2.75, 3.05) is 13.7 Å². The zero-order valence-electron chi connectivity index (χ0n) is 20.2. The molecule has 2 aromatic rings. The molecule has 0 atom stereocenters. The number of hydrogen-bond donors (Lipinski definition) is 1. The highest BCUT2D eigenvalue weighted by atomic mass is 32.2. The summed E-state index contributed by atoms with van der Waals surface area (Å²) in [5.74, 6) is 1.04. The molecule has 0 spiro atoms. The van der Waals surface area contributed by atoms with Gasteiger partial charge >= 0.3 is 0 Å². The summed E-state index contributed by atoms with van der Waals surface area (Å²) in [7, 11) is -1.94. The summed E-state index contributed by atoms with van der Waals surface area (Å²) < 4.78 is 33.2. The van der Waals surface area contributed by atoms with Gasteiger partial charge in [-0.3, -0.25) is 0 Å². The molecule has 0 radical (unpaired) electrons. The topological polar surface area (TPSA) is 66.8 Å². The average molecular weight is 458 g/mol. The van der Waals surface area contributed by atoms with E-state index in [-0.39, 0.29) is 10.8 Å². The van der Waals surface area contributed by atoms with E-state index in [9.17, 15) is 13.5 Å². The van der Waals surface area contributed by atoms with Crippen LogP contribution in [0.25, 0.3) is 6.08 Å². The van der Waals surface area contributed by atoms with Gasteiger partial charge in [-0.2, -0.15) is 4.31 Å². The first-order valence-corrected chi connectivity index (χ1v) is 12.4. The molecule has 0 aromatic heterocycles. The number of ether oxygens (including phenoxy) is 1. The molecule has 32 heavy (non-hydrogen) atoms. The number of benzene rings is 2. The number of phenolic OH excluding ortho intramolecular Hbond substituents is 1. The third-order valence-corrected chi connectivity index (χ3v) is 7.85. The number of hydrogen-bond acceptors (Lipinski definition) is 4. The zero-order valence-corrected chi connectivity index (χ0v) is 21.0. The van der Waals surface area contributed by atoms with E-state index in [0.29, 0.717) is 30.2 Å². The highest BCUT2D eigenvalue weighted by Gasteiger charge is 2.34. The molecule has 2 aromatic carbocycles. The van der Waals surface area contributed by atoms with E-state index in [1.807, 2.05) is 77.9 Å². The van der Waals surface area contributed by atoms with Crippen LogP contribution in [0.4, 0.5) is 0 Å². The molecule has 5 nitrogen and oxygen atoms in total. The number of methoxy groups -OCH3 is 1. The fourth-order valence-corrected chi connectivity index (χ4v) is 5.58. The Labute approximate surface area is 192 Å². The van der Waals surface area contributed by atoms with Gasteiger partial charge in [0.25, 0.3) is 0 Å². The van der Waals surface area contributed by atoms with Gasteiger partial charge in [0.15, 0.2) is 0 Å². The molecule has 0 bridgehead atoms. The third-order valence-electron chi connectivity index (χ3n) is 5.87. The normalized spacial score (nSPS) is 18.3. The van der Waals surface area contributed by atoms with E-state index in [1.165, 1.54) is 4.31 Å². The van der Waals surface area contributed by atoms with E-state index in [4.69, 9.17) is 4.74 Å². The summed E-state index contributed by atoms with van der Waals surface area (Å²) in [5, 5.41) is 10.9. The van der Waals surface area contributed by atoms with Crippen LogP contribution in [0.15, 0.2) is 41.3 Å². The Kier molecular flexibility index (Phi) is 6.51. The maximum absolute atomic E-state index is 13.2. The van der Waals surface area contributed by atoms with Gasteiger partial charge < -0.3 is 9.84 Å². The van der Waals surface area contributed by atoms with Crippen LogP contribution in [0, 0.1) is 0 Å². The van der Waals surface area contributed by atoms with Crippen LogP contribution in [0.1, 0.15) is 70.2 Å². The average Bonchev–Trinajstić information content (AvgIpc) is 2.95. The zero-order chi connectivity index (χ0) is 23.9. The second kappa shape index (κ2) is 8.56. The molecule has 1 saturated heterocycles. The van der Waals surface area contributed by atoms with Gasteiger partial charge in [-0.25, -0.2) is 8.42 Å². The van der Waals surface area contributed by atoms with E-state index in [1.54, 1.807) is 13.2 Å². The minimum absolute atomic E-state index is 0.270. The molecule has 1 aliphatic heterocycles. The number of sulfonamides is 1. The first-order valence-electron chi connectivity index (χ1n) is 10.9. The second-order valence-corrected chi connectivity index (χ2v) is 12.5. The minimum atomic E-state index is -3.55. The molecule has 1 fully saturated rings. The van der Waals surface area contributed by atoms with Crippen LogP contribution in [-0.2, 0) is 27.4 Å². The van der Waals surface area contributed by atoms with Crippen molar-refractivity contribution in [3.63, 3.8) is 0 Å². The standard InChI is InChI=1S/C26H35NO4S/c1-25(2,3)22-15-19(16-23(24(22)28)26(4,5)6)14-21-12-13-27(32(21,29)30)17-18-8-10-20(31-7)11-9-18/h8-11,14-16,28H,12-13,17H2,1-7H3/b21-14+.